The highest BCUT2D eigenvalue weighted by Gasteiger charge is 2.36. The lowest BCUT2D eigenvalue weighted by atomic mass is 10.1. The first-order valence-electron chi connectivity index (χ1n) is 8.91. The van der Waals surface area contributed by atoms with E-state index in [0.717, 1.165) is 5.56 Å². The van der Waals surface area contributed by atoms with Crippen LogP contribution >= 0.6 is 0 Å². The van der Waals surface area contributed by atoms with E-state index in [2.05, 4.69) is 0 Å². The number of furan rings is 1. The molecule has 4 rings (SSSR count). The van der Waals surface area contributed by atoms with Crippen molar-refractivity contribution < 1.29 is 22.0 Å². The van der Waals surface area contributed by atoms with Gasteiger partial charge in [-0.15, -0.1) is 0 Å². The molecule has 0 N–H and O–H groups in total. The normalized spacial score (nSPS) is 18.4. The molecule has 0 aliphatic carbocycles. The van der Waals surface area contributed by atoms with E-state index < -0.39 is 21.8 Å². The molecule has 0 radical (unpaired) electrons. The van der Waals surface area contributed by atoms with Crippen LogP contribution in [0.4, 0.5) is 0 Å². The second kappa shape index (κ2) is 6.94. The number of benzene rings is 1. The van der Waals surface area contributed by atoms with Gasteiger partial charge in [-0.1, -0.05) is 11.6 Å². The van der Waals surface area contributed by atoms with Gasteiger partial charge in [0.2, 0.25) is 0 Å². The van der Waals surface area contributed by atoms with Crippen LogP contribution in [0, 0.1) is 6.92 Å². The number of aryl methyl sites for hydroxylation is 1. The minimum Gasteiger partial charge on any atom is -0.467 e. The molecule has 0 unspecified atom stereocenters. The van der Waals surface area contributed by atoms with Gasteiger partial charge in [0.15, 0.2) is 21.0 Å². The Bertz CT molecular complexity index is 1190. The number of nitrogens with zero attached hydrogens (tertiary/aromatic N) is 1. The second-order valence-electron chi connectivity index (χ2n) is 7.04. The van der Waals surface area contributed by atoms with Crippen LogP contribution in [0.5, 0.6) is 0 Å². The lowest BCUT2D eigenvalue weighted by Gasteiger charge is -2.26. The molecule has 1 aromatic carbocycles. The van der Waals surface area contributed by atoms with Gasteiger partial charge in [-0.05, 0) is 37.6 Å². The number of carbonyl (C=O) groups is 1. The molecular weight excluding hydrogens is 382 g/mol. The lowest BCUT2D eigenvalue weighted by molar-refractivity contribution is 0.0634. The van der Waals surface area contributed by atoms with E-state index in [1.165, 1.54) is 17.2 Å². The highest BCUT2D eigenvalue weighted by molar-refractivity contribution is 7.91. The minimum absolute atomic E-state index is 0.0283. The molecule has 7 nitrogen and oxygen atoms in total. The SMILES string of the molecule is Cc1ccc2oc(C(=O)N(Cc3ccco3)[C@H]3CCS(=O)(=O)C3)cc(=O)c2c1. The summed E-state index contributed by atoms with van der Waals surface area (Å²) in [6, 6.07) is 9.23. The van der Waals surface area contributed by atoms with Crippen LogP contribution in [0.2, 0.25) is 0 Å². The molecule has 1 saturated heterocycles. The second-order valence-corrected chi connectivity index (χ2v) is 9.27. The molecule has 3 heterocycles. The average Bonchev–Trinajstić information content (AvgIpc) is 3.28. The van der Waals surface area contributed by atoms with Crippen molar-refractivity contribution >= 4 is 26.7 Å². The molecule has 28 heavy (non-hydrogen) atoms. The summed E-state index contributed by atoms with van der Waals surface area (Å²) in [6.07, 6.45) is 1.83. The Labute approximate surface area is 161 Å². The van der Waals surface area contributed by atoms with Gasteiger partial charge in [0.05, 0.1) is 29.7 Å². The van der Waals surface area contributed by atoms with Gasteiger partial charge >= 0.3 is 0 Å². The number of rotatable bonds is 4. The molecule has 1 aliphatic heterocycles. The Morgan fingerprint density at radius 2 is 2.07 bits per heavy atom. The monoisotopic (exact) mass is 401 g/mol. The van der Waals surface area contributed by atoms with Crippen LogP contribution < -0.4 is 5.43 Å². The third-order valence-corrected chi connectivity index (χ3v) is 6.66. The first kappa shape index (κ1) is 18.5. The molecule has 0 spiro atoms. The highest BCUT2D eigenvalue weighted by Crippen LogP contribution is 2.23. The van der Waals surface area contributed by atoms with E-state index in [1.54, 1.807) is 30.3 Å². The summed E-state index contributed by atoms with van der Waals surface area (Å²) in [5, 5.41) is 0.401. The smallest absolute Gasteiger partial charge is 0.290 e. The molecule has 1 fully saturated rings. The zero-order valence-electron chi connectivity index (χ0n) is 15.3. The summed E-state index contributed by atoms with van der Waals surface area (Å²) in [5.74, 6) is -0.205. The number of sulfone groups is 1. The van der Waals surface area contributed by atoms with Crippen molar-refractivity contribution in [2.24, 2.45) is 0 Å². The van der Waals surface area contributed by atoms with Crippen molar-refractivity contribution in [1.29, 1.82) is 0 Å². The van der Waals surface area contributed by atoms with Gasteiger partial charge in [-0.2, -0.15) is 0 Å². The number of hydrogen-bond donors (Lipinski definition) is 0. The third kappa shape index (κ3) is 3.60. The maximum atomic E-state index is 13.2. The van der Waals surface area contributed by atoms with Crippen LogP contribution in [0.15, 0.2) is 56.3 Å². The topological polar surface area (TPSA) is 97.8 Å². The Morgan fingerprint density at radius 3 is 2.75 bits per heavy atom. The lowest BCUT2D eigenvalue weighted by Crippen LogP contribution is -2.40. The molecule has 1 amide bonds. The molecule has 3 aromatic rings. The Kier molecular flexibility index (Phi) is 4.58. The summed E-state index contributed by atoms with van der Waals surface area (Å²) in [4.78, 5) is 27.1. The summed E-state index contributed by atoms with van der Waals surface area (Å²) in [5.41, 5.74) is 0.915. The molecule has 146 valence electrons. The highest BCUT2D eigenvalue weighted by atomic mass is 32.2. The Hall–Kier alpha value is -2.87. The van der Waals surface area contributed by atoms with Gasteiger partial charge in [0.25, 0.3) is 5.91 Å². The maximum Gasteiger partial charge on any atom is 0.290 e. The van der Waals surface area contributed by atoms with Gasteiger partial charge in [-0.3, -0.25) is 9.59 Å². The summed E-state index contributed by atoms with van der Waals surface area (Å²) < 4.78 is 34.9. The van der Waals surface area contributed by atoms with E-state index in [-0.39, 0.29) is 29.2 Å². The largest absolute Gasteiger partial charge is 0.467 e. The zero-order chi connectivity index (χ0) is 19.9. The van der Waals surface area contributed by atoms with Crippen LogP contribution in [-0.4, -0.2) is 36.8 Å². The van der Waals surface area contributed by atoms with Gasteiger partial charge in [-0.25, -0.2) is 8.42 Å². The van der Waals surface area contributed by atoms with Crippen molar-refractivity contribution in [1.82, 2.24) is 4.90 Å². The van der Waals surface area contributed by atoms with Crippen molar-refractivity contribution in [3.8, 4) is 0 Å². The van der Waals surface area contributed by atoms with Crippen molar-refractivity contribution in [3.63, 3.8) is 0 Å². The fourth-order valence-electron chi connectivity index (χ4n) is 3.48. The van der Waals surface area contributed by atoms with Gasteiger partial charge in [0.1, 0.15) is 11.3 Å². The van der Waals surface area contributed by atoms with E-state index >= 15 is 0 Å². The third-order valence-electron chi connectivity index (χ3n) is 4.91. The summed E-state index contributed by atoms with van der Waals surface area (Å²) in [6.45, 7) is 1.96. The van der Waals surface area contributed by atoms with E-state index in [0.29, 0.717) is 23.2 Å². The Morgan fingerprint density at radius 1 is 1.25 bits per heavy atom. The molecule has 2 aromatic heterocycles. The quantitative estimate of drug-likeness (QED) is 0.666. The predicted molar refractivity (Wildman–Crippen MR) is 103 cm³/mol. The number of amides is 1. The maximum absolute atomic E-state index is 13.2. The molecule has 0 saturated carbocycles. The van der Waals surface area contributed by atoms with Crippen molar-refractivity contribution in [3.05, 3.63) is 70.0 Å². The van der Waals surface area contributed by atoms with Crippen LogP contribution in [-0.2, 0) is 16.4 Å². The van der Waals surface area contributed by atoms with Crippen molar-refractivity contribution in [2.45, 2.75) is 25.9 Å². The first-order valence-corrected chi connectivity index (χ1v) is 10.7. The van der Waals surface area contributed by atoms with E-state index in [9.17, 15) is 18.0 Å². The van der Waals surface area contributed by atoms with E-state index in [4.69, 9.17) is 8.83 Å². The standard InChI is InChI=1S/C20H19NO6S/c1-13-4-5-18-16(9-13)17(22)10-19(27-18)20(23)21(11-15-3-2-7-26-15)14-6-8-28(24,25)12-14/h2-5,7,9-10,14H,6,8,11-12H2,1H3/t14-/m0/s1. The fraction of sp³-hybridized carbons (Fsp3) is 0.300. The fourth-order valence-corrected chi connectivity index (χ4v) is 5.21. The van der Waals surface area contributed by atoms with Crippen LogP contribution in [0.1, 0.15) is 28.3 Å². The van der Waals surface area contributed by atoms with Gasteiger partial charge < -0.3 is 13.7 Å². The minimum atomic E-state index is -3.20. The van der Waals surface area contributed by atoms with Crippen molar-refractivity contribution in [2.75, 3.05) is 11.5 Å². The molecule has 1 atom stereocenters. The summed E-state index contributed by atoms with van der Waals surface area (Å²) >= 11 is 0. The molecular formula is C20H19NO6S. The number of hydrogen-bond acceptors (Lipinski definition) is 6. The average molecular weight is 401 g/mol. The van der Waals surface area contributed by atoms with Gasteiger partial charge in [0, 0.05) is 12.1 Å². The molecule has 0 bridgehead atoms. The summed E-state index contributed by atoms with van der Waals surface area (Å²) in [7, 11) is -3.20. The molecule has 1 aliphatic rings. The van der Waals surface area contributed by atoms with Crippen LogP contribution in [0.25, 0.3) is 11.0 Å². The van der Waals surface area contributed by atoms with Crippen LogP contribution in [0.3, 0.4) is 0 Å². The number of carbonyl (C=O) groups excluding carboxylic acids is 1. The zero-order valence-corrected chi connectivity index (χ0v) is 16.1. The number of fused-ring (bicyclic) bond motifs is 1. The predicted octanol–water partition coefficient (Wildman–Crippen LogP) is 2.52. The Balaban J connectivity index is 1.73. The molecule has 8 heteroatoms. The van der Waals surface area contributed by atoms with E-state index in [1.807, 2.05) is 6.92 Å². The first-order chi connectivity index (χ1) is 13.3.